The third-order valence-electron chi connectivity index (χ3n) is 2.72. The summed E-state index contributed by atoms with van der Waals surface area (Å²) < 4.78 is 15.4. The largest absolute Gasteiger partial charge is 0.312 e. The average Bonchev–Trinajstić information content (AvgIpc) is 2.77. The fourth-order valence-electron chi connectivity index (χ4n) is 1.78. The van der Waals surface area contributed by atoms with E-state index in [-0.39, 0.29) is 11.9 Å². The van der Waals surface area contributed by atoms with Crippen LogP contribution in [0.25, 0.3) is 0 Å². The summed E-state index contributed by atoms with van der Waals surface area (Å²) in [4.78, 5) is 1.11. The van der Waals surface area contributed by atoms with Crippen LogP contribution in [0.5, 0.6) is 0 Å². The Morgan fingerprint density at radius 1 is 1.39 bits per heavy atom. The maximum Gasteiger partial charge on any atom is 0.126 e. The van der Waals surface area contributed by atoms with E-state index in [9.17, 15) is 4.39 Å². The molecule has 1 aromatic heterocycles. The Balaban J connectivity index is 2.22. The number of likely N-dealkylation sites (N-methyl/N-ethyl adjacent to an activating group) is 1. The van der Waals surface area contributed by atoms with Crippen LogP contribution >= 0.6 is 38.9 Å². The van der Waals surface area contributed by atoms with Crippen molar-refractivity contribution >= 4 is 38.9 Å². The predicted molar refractivity (Wildman–Crippen MR) is 78.9 cm³/mol. The molecule has 0 spiro atoms. The second-order valence-electron chi connectivity index (χ2n) is 3.92. The third-order valence-corrected chi connectivity index (χ3v) is 4.56. The van der Waals surface area contributed by atoms with Crippen LogP contribution in [0.2, 0.25) is 4.34 Å². The van der Waals surface area contributed by atoms with Crippen LogP contribution in [0.15, 0.2) is 34.8 Å². The first-order chi connectivity index (χ1) is 8.60. The molecule has 0 fully saturated rings. The van der Waals surface area contributed by atoms with Gasteiger partial charge in [-0.05, 0) is 49.4 Å². The third kappa shape index (κ3) is 3.32. The van der Waals surface area contributed by atoms with Gasteiger partial charge in [-0.25, -0.2) is 4.39 Å². The van der Waals surface area contributed by atoms with E-state index in [0.717, 1.165) is 13.7 Å². The zero-order valence-electron chi connectivity index (χ0n) is 9.71. The van der Waals surface area contributed by atoms with E-state index < -0.39 is 0 Å². The molecule has 0 aliphatic heterocycles. The van der Waals surface area contributed by atoms with Gasteiger partial charge < -0.3 is 5.32 Å². The second kappa shape index (κ2) is 6.15. The summed E-state index contributed by atoms with van der Waals surface area (Å²) >= 11 is 10.8. The Bertz CT molecular complexity index is 544. The summed E-state index contributed by atoms with van der Waals surface area (Å²) in [6, 6.07) is 8.91. The standard InChI is InChI=1S/C13H12BrClFNS/c1-17-11(12-4-5-13(15)18-12)7-8-6-9(14)2-3-10(8)16/h2-6,11,17H,7H2,1H3. The molecule has 18 heavy (non-hydrogen) atoms. The summed E-state index contributed by atoms with van der Waals surface area (Å²) in [5, 5.41) is 3.20. The number of nitrogens with one attached hydrogen (secondary N) is 1. The van der Waals surface area contributed by atoms with Gasteiger partial charge in [-0.3, -0.25) is 0 Å². The molecule has 2 aromatic rings. The van der Waals surface area contributed by atoms with E-state index in [4.69, 9.17) is 11.6 Å². The number of benzene rings is 1. The lowest BCUT2D eigenvalue weighted by Gasteiger charge is -2.15. The summed E-state index contributed by atoms with van der Waals surface area (Å²) in [7, 11) is 1.87. The number of rotatable bonds is 4. The SMILES string of the molecule is CNC(Cc1cc(Br)ccc1F)c1ccc(Cl)s1. The Kier molecular flexibility index (Phi) is 4.78. The molecule has 1 unspecified atom stereocenters. The molecule has 5 heteroatoms. The van der Waals surface area contributed by atoms with E-state index >= 15 is 0 Å². The van der Waals surface area contributed by atoms with Crippen molar-refractivity contribution in [2.24, 2.45) is 0 Å². The van der Waals surface area contributed by atoms with Crippen LogP contribution in [-0.2, 0) is 6.42 Å². The Hall–Kier alpha value is -0.420. The minimum absolute atomic E-state index is 0.0753. The van der Waals surface area contributed by atoms with Gasteiger partial charge in [-0.2, -0.15) is 0 Å². The topological polar surface area (TPSA) is 12.0 Å². The van der Waals surface area contributed by atoms with Gasteiger partial charge in [0.1, 0.15) is 5.82 Å². The molecule has 0 bridgehead atoms. The molecule has 1 N–H and O–H groups in total. The Morgan fingerprint density at radius 2 is 2.17 bits per heavy atom. The smallest absolute Gasteiger partial charge is 0.126 e. The van der Waals surface area contributed by atoms with Gasteiger partial charge in [0.15, 0.2) is 0 Å². The minimum Gasteiger partial charge on any atom is -0.312 e. The van der Waals surface area contributed by atoms with Crippen LogP contribution in [0.4, 0.5) is 4.39 Å². The highest BCUT2D eigenvalue weighted by molar-refractivity contribution is 9.10. The maximum atomic E-state index is 13.7. The van der Waals surface area contributed by atoms with Crippen LogP contribution in [0.1, 0.15) is 16.5 Å². The van der Waals surface area contributed by atoms with E-state index in [1.165, 1.54) is 17.4 Å². The second-order valence-corrected chi connectivity index (χ2v) is 6.59. The van der Waals surface area contributed by atoms with Crippen molar-refractivity contribution in [2.75, 3.05) is 7.05 Å². The van der Waals surface area contributed by atoms with Gasteiger partial charge in [0.25, 0.3) is 0 Å². The molecule has 0 aliphatic rings. The molecule has 0 saturated heterocycles. The van der Waals surface area contributed by atoms with Crippen molar-refractivity contribution < 1.29 is 4.39 Å². The maximum absolute atomic E-state index is 13.7. The van der Waals surface area contributed by atoms with Crippen molar-refractivity contribution in [1.82, 2.24) is 5.32 Å². The fraction of sp³-hybridized carbons (Fsp3) is 0.231. The Labute approximate surface area is 123 Å². The van der Waals surface area contributed by atoms with Gasteiger partial charge in [0.05, 0.1) is 4.34 Å². The summed E-state index contributed by atoms with van der Waals surface area (Å²) in [6.07, 6.45) is 0.596. The normalized spacial score (nSPS) is 12.7. The lowest BCUT2D eigenvalue weighted by Crippen LogP contribution is -2.18. The molecule has 1 aromatic carbocycles. The molecule has 0 amide bonds. The van der Waals surface area contributed by atoms with E-state index in [0.29, 0.717) is 12.0 Å². The average molecular weight is 349 g/mol. The zero-order valence-corrected chi connectivity index (χ0v) is 12.9. The van der Waals surface area contributed by atoms with Crippen molar-refractivity contribution in [1.29, 1.82) is 0 Å². The molecule has 0 radical (unpaired) electrons. The van der Waals surface area contributed by atoms with Crippen LogP contribution < -0.4 is 5.32 Å². The monoisotopic (exact) mass is 347 g/mol. The Morgan fingerprint density at radius 3 is 2.78 bits per heavy atom. The molecule has 0 saturated carbocycles. The highest BCUT2D eigenvalue weighted by atomic mass is 79.9. The lowest BCUT2D eigenvalue weighted by molar-refractivity contribution is 0.559. The number of hydrogen-bond acceptors (Lipinski definition) is 2. The van der Waals surface area contributed by atoms with Gasteiger partial charge in [0, 0.05) is 15.4 Å². The highest BCUT2D eigenvalue weighted by Crippen LogP contribution is 2.29. The first-order valence-corrected chi connectivity index (χ1v) is 7.45. The van der Waals surface area contributed by atoms with E-state index in [1.807, 2.05) is 25.2 Å². The van der Waals surface area contributed by atoms with Crippen LogP contribution in [0.3, 0.4) is 0 Å². The zero-order chi connectivity index (χ0) is 13.1. The van der Waals surface area contributed by atoms with Crippen molar-refractivity contribution in [2.45, 2.75) is 12.5 Å². The van der Waals surface area contributed by atoms with E-state index in [2.05, 4.69) is 21.2 Å². The molecular weight excluding hydrogens is 337 g/mol. The van der Waals surface area contributed by atoms with E-state index in [1.54, 1.807) is 6.07 Å². The van der Waals surface area contributed by atoms with Crippen molar-refractivity contribution in [3.05, 3.63) is 55.4 Å². The minimum atomic E-state index is -0.180. The predicted octanol–water partition coefficient (Wildman–Crippen LogP) is 4.81. The summed E-state index contributed by atoms with van der Waals surface area (Å²) in [5.41, 5.74) is 0.688. The number of halogens is 3. The molecule has 96 valence electrons. The summed E-state index contributed by atoms with van der Waals surface area (Å²) in [5.74, 6) is -0.180. The van der Waals surface area contributed by atoms with Crippen LogP contribution in [-0.4, -0.2) is 7.05 Å². The molecule has 2 rings (SSSR count). The summed E-state index contributed by atoms with van der Waals surface area (Å²) in [6.45, 7) is 0. The molecule has 1 atom stereocenters. The quantitative estimate of drug-likeness (QED) is 0.836. The van der Waals surface area contributed by atoms with Gasteiger partial charge >= 0.3 is 0 Å². The fourth-order valence-corrected chi connectivity index (χ4v) is 3.36. The van der Waals surface area contributed by atoms with Gasteiger partial charge in [-0.15, -0.1) is 11.3 Å². The highest BCUT2D eigenvalue weighted by Gasteiger charge is 2.15. The molecule has 1 nitrogen and oxygen atoms in total. The molecular formula is C13H12BrClFNS. The number of hydrogen-bond donors (Lipinski definition) is 1. The van der Waals surface area contributed by atoms with Gasteiger partial charge in [0.2, 0.25) is 0 Å². The molecule has 0 aliphatic carbocycles. The van der Waals surface area contributed by atoms with Crippen LogP contribution in [0, 0.1) is 5.82 Å². The van der Waals surface area contributed by atoms with Crippen molar-refractivity contribution in [3.8, 4) is 0 Å². The lowest BCUT2D eigenvalue weighted by atomic mass is 10.0. The first kappa shape index (κ1) is 14.0. The molecule has 1 heterocycles. The first-order valence-electron chi connectivity index (χ1n) is 5.46. The van der Waals surface area contributed by atoms with Crippen molar-refractivity contribution in [3.63, 3.8) is 0 Å². The number of thiophene rings is 1. The van der Waals surface area contributed by atoms with Gasteiger partial charge in [-0.1, -0.05) is 27.5 Å².